The first-order chi connectivity index (χ1) is 10.1. The number of benzene rings is 3. The summed E-state index contributed by atoms with van der Waals surface area (Å²) in [7, 11) is 0. The van der Waals surface area contributed by atoms with E-state index in [-0.39, 0.29) is 0 Å². The molecule has 0 saturated carbocycles. The second-order valence-corrected chi connectivity index (χ2v) is 5.83. The molecule has 0 heterocycles. The smallest absolute Gasteiger partial charge is 0.127 e. The summed E-state index contributed by atoms with van der Waals surface area (Å²) in [5, 5.41) is 3.40. The molecule has 3 heteroatoms. The Morgan fingerprint density at radius 3 is 2.57 bits per heavy atom. The van der Waals surface area contributed by atoms with E-state index in [0.29, 0.717) is 16.7 Å². The monoisotopic (exact) mass is 316 g/mol. The van der Waals surface area contributed by atoms with E-state index >= 15 is 0 Å². The van der Waals surface area contributed by atoms with Crippen molar-refractivity contribution in [3.05, 3.63) is 75.8 Å². The molecular formula is C18H14Cl2O. The van der Waals surface area contributed by atoms with Crippen LogP contribution >= 0.6 is 23.2 Å². The lowest BCUT2D eigenvalue weighted by Crippen LogP contribution is -1.96. The van der Waals surface area contributed by atoms with Gasteiger partial charge in [0.15, 0.2) is 0 Å². The third-order valence-electron chi connectivity index (χ3n) is 3.38. The molecular weight excluding hydrogens is 303 g/mol. The molecule has 3 aromatic carbocycles. The molecule has 0 N–H and O–H groups in total. The maximum Gasteiger partial charge on any atom is 0.127 e. The van der Waals surface area contributed by atoms with Crippen LogP contribution in [0.25, 0.3) is 10.8 Å². The predicted molar refractivity (Wildman–Crippen MR) is 89.5 cm³/mol. The van der Waals surface area contributed by atoms with Crippen LogP contribution in [-0.2, 0) is 6.61 Å². The molecule has 0 bridgehead atoms. The molecule has 106 valence electrons. The quantitative estimate of drug-likeness (QED) is 0.573. The molecule has 0 aliphatic heterocycles. The van der Waals surface area contributed by atoms with Gasteiger partial charge in [-0.2, -0.15) is 0 Å². The second-order valence-electron chi connectivity index (χ2n) is 5.02. The van der Waals surface area contributed by atoms with E-state index < -0.39 is 0 Å². The highest BCUT2D eigenvalue weighted by Crippen LogP contribution is 2.28. The number of hydrogen-bond donors (Lipinski definition) is 0. The van der Waals surface area contributed by atoms with Gasteiger partial charge < -0.3 is 4.74 Å². The molecule has 21 heavy (non-hydrogen) atoms. The Balaban J connectivity index is 1.88. The minimum atomic E-state index is 0.462. The van der Waals surface area contributed by atoms with Crippen molar-refractivity contribution in [2.24, 2.45) is 0 Å². The summed E-state index contributed by atoms with van der Waals surface area (Å²) in [6.45, 7) is 2.54. The summed E-state index contributed by atoms with van der Waals surface area (Å²) in [4.78, 5) is 0. The van der Waals surface area contributed by atoms with Crippen LogP contribution in [0.5, 0.6) is 5.75 Å². The molecule has 0 unspecified atom stereocenters. The van der Waals surface area contributed by atoms with E-state index in [4.69, 9.17) is 27.9 Å². The Morgan fingerprint density at radius 1 is 0.905 bits per heavy atom. The van der Waals surface area contributed by atoms with Gasteiger partial charge in [0.25, 0.3) is 0 Å². The second kappa shape index (κ2) is 5.97. The number of ether oxygens (including phenoxy) is 1. The van der Waals surface area contributed by atoms with E-state index in [1.165, 1.54) is 10.9 Å². The van der Waals surface area contributed by atoms with Crippen molar-refractivity contribution in [3.63, 3.8) is 0 Å². The van der Waals surface area contributed by atoms with Gasteiger partial charge in [-0.1, -0.05) is 59.1 Å². The van der Waals surface area contributed by atoms with Crippen LogP contribution in [-0.4, -0.2) is 0 Å². The fourth-order valence-electron chi connectivity index (χ4n) is 2.27. The lowest BCUT2D eigenvalue weighted by Gasteiger charge is -2.10. The molecule has 0 saturated heterocycles. The van der Waals surface area contributed by atoms with Crippen LogP contribution in [0.1, 0.15) is 11.1 Å². The van der Waals surface area contributed by atoms with Crippen LogP contribution in [0.3, 0.4) is 0 Å². The average Bonchev–Trinajstić information content (AvgIpc) is 2.48. The molecule has 0 spiro atoms. The summed E-state index contributed by atoms with van der Waals surface area (Å²) < 4.78 is 5.95. The lowest BCUT2D eigenvalue weighted by atomic mass is 10.1. The Hall–Kier alpha value is -1.70. The van der Waals surface area contributed by atoms with Crippen molar-refractivity contribution < 1.29 is 4.74 Å². The highest BCUT2D eigenvalue weighted by Gasteiger charge is 2.04. The van der Waals surface area contributed by atoms with Gasteiger partial charge in [0.05, 0.1) is 10.0 Å². The van der Waals surface area contributed by atoms with Crippen molar-refractivity contribution in [1.29, 1.82) is 0 Å². The first kappa shape index (κ1) is 14.2. The van der Waals surface area contributed by atoms with Crippen LogP contribution in [0.4, 0.5) is 0 Å². The highest BCUT2D eigenvalue weighted by molar-refractivity contribution is 6.42. The van der Waals surface area contributed by atoms with E-state index in [1.807, 2.05) is 24.3 Å². The Bertz CT molecular complexity index is 796. The lowest BCUT2D eigenvalue weighted by molar-refractivity contribution is 0.310. The molecule has 0 fully saturated rings. The van der Waals surface area contributed by atoms with Gasteiger partial charge >= 0.3 is 0 Å². The minimum Gasteiger partial charge on any atom is -0.488 e. The number of rotatable bonds is 3. The van der Waals surface area contributed by atoms with Crippen molar-refractivity contribution in [2.75, 3.05) is 0 Å². The van der Waals surface area contributed by atoms with E-state index in [1.54, 1.807) is 6.07 Å². The standard InChI is InChI=1S/C18H14Cl2O/c1-12-5-7-14-3-2-4-18(15(14)9-12)21-11-13-6-8-16(19)17(20)10-13/h2-10H,11H2,1H3. The SMILES string of the molecule is Cc1ccc2cccc(OCc3ccc(Cl)c(Cl)c3)c2c1. The largest absolute Gasteiger partial charge is 0.488 e. The maximum absolute atomic E-state index is 6.02. The zero-order chi connectivity index (χ0) is 14.8. The fourth-order valence-corrected chi connectivity index (χ4v) is 2.59. The fraction of sp³-hybridized carbons (Fsp3) is 0.111. The third kappa shape index (κ3) is 3.15. The molecule has 3 aromatic rings. The van der Waals surface area contributed by atoms with Crippen molar-refractivity contribution in [1.82, 2.24) is 0 Å². The van der Waals surface area contributed by atoms with E-state index in [2.05, 4.69) is 31.2 Å². The Kier molecular flexibility index (Phi) is 4.05. The highest BCUT2D eigenvalue weighted by atomic mass is 35.5. The molecule has 0 radical (unpaired) electrons. The maximum atomic E-state index is 6.02. The molecule has 0 atom stereocenters. The van der Waals surface area contributed by atoms with Gasteiger partial charge in [-0.15, -0.1) is 0 Å². The van der Waals surface area contributed by atoms with E-state index in [9.17, 15) is 0 Å². The first-order valence-electron chi connectivity index (χ1n) is 6.69. The molecule has 0 aromatic heterocycles. The van der Waals surface area contributed by atoms with Gasteiger partial charge in [0, 0.05) is 5.39 Å². The molecule has 1 nitrogen and oxygen atoms in total. The molecule has 3 rings (SSSR count). The number of halogens is 2. The van der Waals surface area contributed by atoms with Gasteiger partial charge in [-0.05, 0) is 42.1 Å². The summed E-state index contributed by atoms with van der Waals surface area (Å²) in [5.41, 5.74) is 2.21. The van der Waals surface area contributed by atoms with Crippen LogP contribution in [0.15, 0.2) is 54.6 Å². The van der Waals surface area contributed by atoms with Crippen molar-refractivity contribution in [3.8, 4) is 5.75 Å². The van der Waals surface area contributed by atoms with Crippen LogP contribution in [0.2, 0.25) is 10.0 Å². The van der Waals surface area contributed by atoms with Gasteiger partial charge in [-0.3, -0.25) is 0 Å². The minimum absolute atomic E-state index is 0.462. The normalized spacial score (nSPS) is 10.8. The summed E-state index contributed by atoms with van der Waals surface area (Å²) >= 11 is 11.9. The topological polar surface area (TPSA) is 9.23 Å². The Morgan fingerprint density at radius 2 is 1.76 bits per heavy atom. The zero-order valence-electron chi connectivity index (χ0n) is 11.6. The van der Waals surface area contributed by atoms with Gasteiger partial charge in [0.1, 0.15) is 12.4 Å². The Labute approximate surface area is 134 Å². The summed E-state index contributed by atoms with van der Waals surface area (Å²) in [5.74, 6) is 0.877. The van der Waals surface area contributed by atoms with Gasteiger partial charge in [0.2, 0.25) is 0 Å². The van der Waals surface area contributed by atoms with E-state index in [0.717, 1.165) is 16.7 Å². The number of hydrogen-bond acceptors (Lipinski definition) is 1. The number of aryl methyl sites for hydroxylation is 1. The molecule has 0 aliphatic rings. The molecule has 0 aliphatic carbocycles. The molecule has 0 amide bonds. The third-order valence-corrected chi connectivity index (χ3v) is 4.12. The summed E-state index contributed by atoms with van der Waals surface area (Å²) in [6, 6.07) is 18.0. The van der Waals surface area contributed by atoms with Gasteiger partial charge in [-0.25, -0.2) is 0 Å². The van der Waals surface area contributed by atoms with Crippen molar-refractivity contribution in [2.45, 2.75) is 13.5 Å². The zero-order valence-corrected chi connectivity index (χ0v) is 13.1. The first-order valence-corrected chi connectivity index (χ1v) is 7.45. The van der Waals surface area contributed by atoms with Crippen molar-refractivity contribution >= 4 is 34.0 Å². The van der Waals surface area contributed by atoms with Crippen LogP contribution < -0.4 is 4.74 Å². The van der Waals surface area contributed by atoms with Crippen LogP contribution in [0, 0.1) is 6.92 Å². The summed E-state index contributed by atoms with van der Waals surface area (Å²) in [6.07, 6.45) is 0. The predicted octanol–water partition coefficient (Wildman–Crippen LogP) is 6.03. The number of fused-ring (bicyclic) bond motifs is 1. The average molecular weight is 317 g/mol.